The number of hydrogen-bond donors (Lipinski definition) is 0. The van der Waals surface area contributed by atoms with Crippen LogP contribution in [0.25, 0.3) is 5.65 Å². The smallest absolute Gasteiger partial charge is 0.243 e. The van der Waals surface area contributed by atoms with Crippen molar-refractivity contribution >= 4 is 21.5 Å². The van der Waals surface area contributed by atoms with Crippen LogP contribution in [0.5, 0.6) is 0 Å². The van der Waals surface area contributed by atoms with Crippen molar-refractivity contribution in [3.63, 3.8) is 0 Å². The number of rotatable bonds is 3. The number of benzene rings is 1. The molecule has 0 N–H and O–H groups in total. The number of fused-ring (bicyclic) bond motifs is 1. The predicted octanol–water partition coefficient (Wildman–Crippen LogP) is -0.0981. The average Bonchev–Trinajstić information content (AvgIpc) is 3.16. The Morgan fingerprint density at radius 1 is 1.00 bits per heavy atom. The van der Waals surface area contributed by atoms with Crippen LogP contribution >= 0.6 is 0 Å². The SMILES string of the molecule is N#Cc1ccc(S(=O)(=O)N2CCN(c3ccc4nnnn4n3)CC2)cc1. The molecule has 1 saturated heterocycles. The lowest BCUT2D eigenvalue weighted by molar-refractivity contribution is 0.383. The fourth-order valence-electron chi connectivity index (χ4n) is 2.82. The van der Waals surface area contributed by atoms with Gasteiger partial charge in [0, 0.05) is 26.2 Å². The first-order valence-electron chi connectivity index (χ1n) is 7.89. The number of sulfonamides is 1. The van der Waals surface area contributed by atoms with Gasteiger partial charge in [-0.3, -0.25) is 0 Å². The van der Waals surface area contributed by atoms with Crippen LogP contribution in [-0.4, -0.2) is 64.2 Å². The van der Waals surface area contributed by atoms with Gasteiger partial charge in [0.15, 0.2) is 11.5 Å². The summed E-state index contributed by atoms with van der Waals surface area (Å²) in [4.78, 5) is 2.18. The van der Waals surface area contributed by atoms with Crippen molar-refractivity contribution in [3.05, 3.63) is 42.0 Å². The monoisotopic (exact) mass is 370 g/mol. The molecule has 0 aliphatic carbocycles. The number of nitriles is 1. The molecular weight excluding hydrogens is 356 g/mol. The van der Waals surface area contributed by atoms with Crippen molar-refractivity contribution in [2.45, 2.75) is 4.90 Å². The molecule has 4 rings (SSSR count). The lowest BCUT2D eigenvalue weighted by Crippen LogP contribution is -2.49. The molecule has 1 aliphatic heterocycles. The number of tetrazole rings is 1. The molecule has 0 unspecified atom stereocenters. The number of piperazine rings is 1. The third kappa shape index (κ3) is 2.85. The Hall–Kier alpha value is -3.10. The summed E-state index contributed by atoms with van der Waals surface area (Å²) >= 11 is 0. The Balaban J connectivity index is 1.49. The summed E-state index contributed by atoms with van der Waals surface area (Å²) in [6.07, 6.45) is 0. The Morgan fingerprint density at radius 3 is 2.42 bits per heavy atom. The molecule has 11 heteroatoms. The first-order chi connectivity index (χ1) is 12.6. The maximum atomic E-state index is 12.7. The van der Waals surface area contributed by atoms with Crippen LogP contribution in [0.2, 0.25) is 0 Å². The van der Waals surface area contributed by atoms with E-state index in [9.17, 15) is 8.42 Å². The third-order valence-corrected chi connectivity index (χ3v) is 6.15. The lowest BCUT2D eigenvalue weighted by atomic mass is 10.2. The second kappa shape index (κ2) is 6.32. The van der Waals surface area contributed by atoms with E-state index >= 15 is 0 Å². The van der Waals surface area contributed by atoms with Gasteiger partial charge in [-0.2, -0.15) is 9.57 Å². The summed E-state index contributed by atoms with van der Waals surface area (Å²) in [6, 6.07) is 11.5. The van der Waals surface area contributed by atoms with E-state index < -0.39 is 10.0 Å². The minimum atomic E-state index is -3.58. The Labute approximate surface area is 149 Å². The van der Waals surface area contributed by atoms with Gasteiger partial charge in [-0.25, -0.2) is 8.42 Å². The number of hydrogen-bond acceptors (Lipinski definition) is 8. The van der Waals surface area contributed by atoms with Crippen molar-refractivity contribution < 1.29 is 8.42 Å². The van der Waals surface area contributed by atoms with Gasteiger partial charge in [-0.1, -0.05) is 0 Å². The minimum absolute atomic E-state index is 0.193. The van der Waals surface area contributed by atoms with Crippen molar-refractivity contribution in [2.75, 3.05) is 31.1 Å². The minimum Gasteiger partial charge on any atom is -0.352 e. The summed E-state index contributed by atoms with van der Waals surface area (Å²) in [6.45, 7) is 1.71. The molecule has 3 aromatic rings. The van der Waals surface area contributed by atoms with Crippen LogP contribution in [0.15, 0.2) is 41.3 Å². The molecule has 1 fully saturated rings. The van der Waals surface area contributed by atoms with E-state index in [1.165, 1.54) is 33.2 Å². The number of aromatic nitrogens is 5. The van der Waals surface area contributed by atoms with Gasteiger partial charge in [0.2, 0.25) is 10.0 Å². The summed E-state index contributed by atoms with van der Waals surface area (Å²) in [5.74, 6) is 0.695. The topological polar surface area (TPSA) is 120 Å². The van der Waals surface area contributed by atoms with Crippen LogP contribution in [-0.2, 0) is 10.0 Å². The molecule has 0 radical (unpaired) electrons. The van der Waals surface area contributed by atoms with Gasteiger partial charge in [0.25, 0.3) is 0 Å². The maximum Gasteiger partial charge on any atom is 0.243 e. The highest BCUT2D eigenvalue weighted by Gasteiger charge is 2.29. The highest BCUT2D eigenvalue weighted by molar-refractivity contribution is 7.89. The number of anilines is 1. The molecule has 1 aromatic carbocycles. The summed E-state index contributed by atoms with van der Waals surface area (Å²) in [7, 11) is -3.58. The lowest BCUT2D eigenvalue weighted by Gasteiger charge is -2.34. The largest absolute Gasteiger partial charge is 0.352 e. The zero-order valence-electron chi connectivity index (χ0n) is 13.6. The van der Waals surface area contributed by atoms with E-state index in [4.69, 9.17) is 5.26 Å². The van der Waals surface area contributed by atoms with Crippen LogP contribution < -0.4 is 4.90 Å². The van der Waals surface area contributed by atoms with E-state index in [0.717, 1.165) is 0 Å². The first kappa shape index (κ1) is 16.4. The molecule has 1 aliphatic rings. The highest BCUT2D eigenvalue weighted by atomic mass is 32.2. The Bertz CT molecular complexity index is 1080. The molecule has 0 spiro atoms. The van der Waals surface area contributed by atoms with Gasteiger partial charge in [-0.05, 0) is 46.8 Å². The van der Waals surface area contributed by atoms with Crippen LogP contribution in [0.1, 0.15) is 5.56 Å². The summed E-state index contributed by atoms with van der Waals surface area (Å²) in [5, 5.41) is 24.3. The number of nitrogens with zero attached hydrogens (tertiary/aromatic N) is 8. The molecule has 0 amide bonds. The fourth-order valence-corrected chi connectivity index (χ4v) is 4.24. The van der Waals surface area contributed by atoms with E-state index in [-0.39, 0.29) is 4.90 Å². The molecule has 10 nitrogen and oxygen atoms in total. The van der Waals surface area contributed by atoms with Gasteiger partial charge in [-0.15, -0.1) is 14.8 Å². The van der Waals surface area contributed by atoms with Crippen LogP contribution in [0.4, 0.5) is 5.82 Å². The predicted molar refractivity (Wildman–Crippen MR) is 90.7 cm³/mol. The average molecular weight is 370 g/mol. The molecule has 2 aromatic heterocycles. The molecule has 0 bridgehead atoms. The highest BCUT2D eigenvalue weighted by Crippen LogP contribution is 2.20. The van der Waals surface area contributed by atoms with Crippen molar-refractivity contribution in [3.8, 4) is 6.07 Å². The van der Waals surface area contributed by atoms with Gasteiger partial charge in [0.1, 0.15) is 0 Å². The molecule has 3 heterocycles. The van der Waals surface area contributed by atoms with Crippen molar-refractivity contribution in [1.82, 2.24) is 29.6 Å². The summed E-state index contributed by atoms with van der Waals surface area (Å²) < 4.78 is 28.3. The zero-order valence-corrected chi connectivity index (χ0v) is 14.4. The van der Waals surface area contributed by atoms with Crippen LogP contribution in [0.3, 0.4) is 0 Å². The normalized spacial score (nSPS) is 15.9. The van der Waals surface area contributed by atoms with Crippen molar-refractivity contribution in [2.24, 2.45) is 0 Å². The van der Waals surface area contributed by atoms with E-state index in [2.05, 4.69) is 20.6 Å². The first-order valence-corrected chi connectivity index (χ1v) is 9.33. The fraction of sp³-hybridized carbons (Fsp3) is 0.267. The molecule has 0 atom stereocenters. The molecule has 26 heavy (non-hydrogen) atoms. The molecular formula is C15H14N8O2S. The summed E-state index contributed by atoms with van der Waals surface area (Å²) in [5.41, 5.74) is 0.980. The quantitative estimate of drug-likeness (QED) is 0.627. The molecule has 132 valence electrons. The van der Waals surface area contributed by atoms with Crippen molar-refractivity contribution in [1.29, 1.82) is 5.26 Å². The Kier molecular flexibility index (Phi) is 3.98. The van der Waals surface area contributed by atoms with Gasteiger partial charge >= 0.3 is 0 Å². The Morgan fingerprint density at radius 2 is 1.73 bits per heavy atom. The standard InChI is InChI=1S/C15H14N8O2S/c16-11-12-1-3-13(4-2-12)26(24,25)22-9-7-21(8-10-22)15-6-5-14-17-19-20-23(14)18-15/h1-6H,7-10H2. The van der Waals surface area contributed by atoms with Gasteiger partial charge < -0.3 is 4.90 Å². The van der Waals surface area contributed by atoms with E-state index in [1.54, 1.807) is 6.07 Å². The van der Waals surface area contributed by atoms with E-state index in [0.29, 0.717) is 43.2 Å². The maximum absolute atomic E-state index is 12.7. The van der Waals surface area contributed by atoms with Gasteiger partial charge in [0.05, 0.1) is 16.5 Å². The van der Waals surface area contributed by atoms with E-state index in [1.807, 2.05) is 17.0 Å². The second-order valence-electron chi connectivity index (χ2n) is 5.75. The van der Waals surface area contributed by atoms with Crippen LogP contribution in [0, 0.1) is 11.3 Å². The third-order valence-electron chi connectivity index (χ3n) is 4.24. The zero-order chi connectivity index (χ0) is 18.1. The molecule has 0 saturated carbocycles. The second-order valence-corrected chi connectivity index (χ2v) is 7.68.